The number of hydrogen-bond donors (Lipinski definition) is 2. The van der Waals surface area contributed by atoms with E-state index in [2.05, 4.69) is 12.2 Å². The van der Waals surface area contributed by atoms with Crippen LogP contribution < -0.4 is 11.1 Å². The van der Waals surface area contributed by atoms with E-state index in [9.17, 15) is 19.7 Å². The van der Waals surface area contributed by atoms with Crippen LogP contribution in [0.2, 0.25) is 0 Å². The summed E-state index contributed by atoms with van der Waals surface area (Å²) in [4.78, 5) is 35.9. The van der Waals surface area contributed by atoms with Crippen LogP contribution in [0.3, 0.4) is 0 Å². The molecule has 142 valence electrons. The predicted octanol–water partition coefficient (Wildman–Crippen LogP) is 3.91. The summed E-state index contributed by atoms with van der Waals surface area (Å²) in [6.45, 7) is 2.16. The Balaban J connectivity index is 1.85. The number of fused-ring (bicyclic) bond motifs is 1. The molecule has 8 heteroatoms. The van der Waals surface area contributed by atoms with Crippen molar-refractivity contribution in [1.82, 2.24) is 0 Å². The molecule has 1 unspecified atom stereocenters. The summed E-state index contributed by atoms with van der Waals surface area (Å²) in [5.41, 5.74) is 7.14. The largest absolute Gasteiger partial charge is 0.365 e. The van der Waals surface area contributed by atoms with E-state index in [0.29, 0.717) is 16.5 Å². The van der Waals surface area contributed by atoms with Crippen molar-refractivity contribution < 1.29 is 14.5 Å². The van der Waals surface area contributed by atoms with Gasteiger partial charge in [0.15, 0.2) is 0 Å². The number of nitro benzene ring substituents is 1. The van der Waals surface area contributed by atoms with E-state index in [-0.39, 0.29) is 11.3 Å². The number of primary amides is 1. The molecule has 0 fully saturated rings. The third kappa shape index (κ3) is 4.00. The van der Waals surface area contributed by atoms with Gasteiger partial charge in [0.05, 0.1) is 10.5 Å². The van der Waals surface area contributed by atoms with Crippen molar-refractivity contribution in [3.8, 4) is 0 Å². The summed E-state index contributed by atoms with van der Waals surface area (Å²) in [7, 11) is 0. The molecule has 1 aliphatic rings. The normalized spacial score (nSPS) is 15.8. The summed E-state index contributed by atoms with van der Waals surface area (Å²) in [6, 6.07) is 5.34. The molecule has 1 atom stereocenters. The first-order valence-corrected chi connectivity index (χ1v) is 9.72. The SMILES string of the molecule is CCCC1CCc2c(sc(NC(=O)c3ccc([N+](=O)[O-])cc3)c2C(N)=O)C1. The highest BCUT2D eigenvalue weighted by atomic mass is 32.1. The number of hydrogen-bond acceptors (Lipinski definition) is 5. The van der Waals surface area contributed by atoms with Gasteiger partial charge in [-0.3, -0.25) is 19.7 Å². The fourth-order valence-electron chi connectivity index (χ4n) is 3.57. The monoisotopic (exact) mass is 387 g/mol. The van der Waals surface area contributed by atoms with Crippen LogP contribution in [0, 0.1) is 16.0 Å². The van der Waals surface area contributed by atoms with Gasteiger partial charge in [0.1, 0.15) is 5.00 Å². The highest BCUT2D eigenvalue weighted by molar-refractivity contribution is 7.17. The van der Waals surface area contributed by atoms with Crippen LogP contribution in [0.15, 0.2) is 24.3 Å². The lowest BCUT2D eigenvalue weighted by atomic mass is 9.84. The smallest absolute Gasteiger partial charge is 0.269 e. The average Bonchev–Trinajstić information content (AvgIpc) is 2.99. The molecular formula is C19H21N3O4S. The second kappa shape index (κ2) is 7.87. The average molecular weight is 387 g/mol. The summed E-state index contributed by atoms with van der Waals surface area (Å²) in [5.74, 6) is -0.364. The van der Waals surface area contributed by atoms with Gasteiger partial charge in [0, 0.05) is 22.6 Å². The van der Waals surface area contributed by atoms with Gasteiger partial charge in [0.25, 0.3) is 17.5 Å². The quantitative estimate of drug-likeness (QED) is 0.577. The van der Waals surface area contributed by atoms with Gasteiger partial charge in [-0.05, 0) is 42.9 Å². The van der Waals surface area contributed by atoms with Crippen molar-refractivity contribution in [2.45, 2.75) is 39.0 Å². The zero-order valence-electron chi connectivity index (χ0n) is 15.0. The first kappa shape index (κ1) is 19.0. The van der Waals surface area contributed by atoms with Gasteiger partial charge in [-0.2, -0.15) is 0 Å². The predicted molar refractivity (Wildman–Crippen MR) is 104 cm³/mol. The lowest BCUT2D eigenvalue weighted by molar-refractivity contribution is -0.384. The molecule has 1 aromatic heterocycles. The van der Waals surface area contributed by atoms with Crippen LogP contribution in [-0.2, 0) is 12.8 Å². The molecule has 7 nitrogen and oxygen atoms in total. The molecule has 0 aliphatic heterocycles. The van der Waals surface area contributed by atoms with E-state index in [0.717, 1.165) is 42.5 Å². The van der Waals surface area contributed by atoms with E-state index in [1.807, 2.05) is 0 Å². The summed E-state index contributed by atoms with van der Waals surface area (Å²) in [6.07, 6.45) is 4.99. The molecular weight excluding hydrogens is 366 g/mol. The van der Waals surface area contributed by atoms with Crippen LogP contribution >= 0.6 is 11.3 Å². The van der Waals surface area contributed by atoms with Crippen molar-refractivity contribution in [2.24, 2.45) is 11.7 Å². The number of anilines is 1. The Morgan fingerprint density at radius 3 is 2.63 bits per heavy atom. The van der Waals surface area contributed by atoms with Crippen LogP contribution in [0.1, 0.15) is 57.3 Å². The first-order chi connectivity index (χ1) is 12.9. The number of benzene rings is 1. The van der Waals surface area contributed by atoms with Gasteiger partial charge in [0.2, 0.25) is 0 Å². The van der Waals surface area contributed by atoms with Gasteiger partial charge in [-0.1, -0.05) is 19.8 Å². The minimum absolute atomic E-state index is 0.0853. The Morgan fingerprint density at radius 1 is 1.33 bits per heavy atom. The van der Waals surface area contributed by atoms with E-state index in [1.165, 1.54) is 35.6 Å². The Labute approximate surface area is 160 Å². The second-order valence-electron chi connectivity index (χ2n) is 6.73. The number of rotatable bonds is 6. The molecule has 0 saturated heterocycles. The van der Waals surface area contributed by atoms with E-state index in [1.54, 1.807) is 0 Å². The van der Waals surface area contributed by atoms with Crippen molar-refractivity contribution >= 4 is 33.8 Å². The number of carbonyl (C=O) groups excluding carboxylic acids is 2. The van der Waals surface area contributed by atoms with Crippen LogP contribution in [0.25, 0.3) is 0 Å². The number of nitrogens with one attached hydrogen (secondary N) is 1. The van der Waals surface area contributed by atoms with Gasteiger partial charge in [-0.15, -0.1) is 11.3 Å². The summed E-state index contributed by atoms with van der Waals surface area (Å²) in [5, 5.41) is 14.0. The fraction of sp³-hybridized carbons (Fsp3) is 0.368. The molecule has 0 saturated carbocycles. The zero-order chi connectivity index (χ0) is 19.6. The van der Waals surface area contributed by atoms with E-state index < -0.39 is 16.7 Å². The van der Waals surface area contributed by atoms with Crippen LogP contribution in [0.5, 0.6) is 0 Å². The molecule has 1 aliphatic carbocycles. The zero-order valence-corrected chi connectivity index (χ0v) is 15.8. The number of nitrogens with two attached hydrogens (primary N) is 1. The van der Waals surface area contributed by atoms with Gasteiger partial charge in [-0.25, -0.2) is 0 Å². The fourth-order valence-corrected chi connectivity index (χ4v) is 4.93. The number of amides is 2. The molecule has 3 rings (SSSR count). The molecule has 0 radical (unpaired) electrons. The lowest BCUT2D eigenvalue weighted by Crippen LogP contribution is -2.20. The van der Waals surface area contributed by atoms with Crippen molar-refractivity contribution in [2.75, 3.05) is 5.32 Å². The molecule has 2 amide bonds. The van der Waals surface area contributed by atoms with Crippen LogP contribution in [0.4, 0.5) is 10.7 Å². The Bertz CT molecular complexity index is 889. The topological polar surface area (TPSA) is 115 Å². The Kier molecular flexibility index (Phi) is 5.55. The minimum atomic E-state index is -0.541. The van der Waals surface area contributed by atoms with E-state index >= 15 is 0 Å². The third-order valence-electron chi connectivity index (χ3n) is 4.88. The maximum Gasteiger partial charge on any atom is 0.269 e. The van der Waals surface area contributed by atoms with Gasteiger partial charge >= 0.3 is 0 Å². The van der Waals surface area contributed by atoms with E-state index in [4.69, 9.17) is 5.73 Å². The Morgan fingerprint density at radius 2 is 2.04 bits per heavy atom. The maximum absolute atomic E-state index is 12.5. The minimum Gasteiger partial charge on any atom is -0.365 e. The van der Waals surface area contributed by atoms with Gasteiger partial charge < -0.3 is 11.1 Å². The molecule has 0 bridgehead atoms. The molecule has 1 aromatic carbocycles. The van der Waals surface area contributed by atoms with Crippen LogP contribution in [-0.4, -0.2) is 16.7 Å². The molecule has 3 N–H and O–H groups in total. The summed E-state index contributed by atoms with van der Waals surface area (Å²) >= 11 is 1.41. The molecule has 2 aromatic rings. The molecule has 27 heavy (non-hydrogen) atoms. The summed E-state index contributed by atoms with van der Waals surface area (Å²) < 4.78 is 0. The number of thiophene rings is 1. The molecule has 0 spiro atoms. The highest BCUT2D eigenvalue weighted by Crippen LogP contribution is 2.40. The number of carbonyl (C=O) groups is 2. The van der Waals surface area contributed by atoms with Crippen molar-refractivity contribution in [1.29, 1.82) is 0 Å². The highest BCUT2D eigenvalue weighted by Gasteiger charge is 2.28. The molecule has 1 heterocycles. The number of non-ortho nitro benzene ring substituents is 1. The number of nitro groups is 1. The maximum atomic E-state index is 12.5. The van der Waals surface area contributed by atoms with Crippen molar-refractivity contribution in [3.05, 3.63) is 55.9 Å². The Hall–Kier alpha value is -2.74. The number of nitrogens with zero attached hydrogens (tertiary/aromatic N) is 1. The lowest BCUT2D eigenvalue weighted by Gasteiger charge is -2.21. The van der Waals surface area contributed by atoms with Crippen molar-refractivity contribution in [3.63, 3.8) is 0 Å². The first-order valence-electron chi connectivity index (χ1n) is 8.90. The second-order valence-corrected chi connectivity index (χ2v) is 7.83. The third-order valence-corrected chi connectivity index (χ3v) is 6.05. The standard InChI is InChI=1S/C19H21N3O4S/c1-2-3-11-4-9-14-15(10-11)27-19(16(14)17(20)23)21-18(24)12-5-7-13(8-6-12)22(25)26/h5-8,11H,2-4,9-10H2,1H3,(H2,20,23)(H,21,24).